The number of rotatable bonds is 2. The van der Waals surface area contributed by atoms with Crippen molar-refractivity contribution < 1.29 is 9.50 Å². The summed E-state index contributed by atoms with van der Waals surface area (Å²) in [5, 5.41) is 11.4. The Kier molecular flexibility index (Phi) is 3.05. The maximum absolute atomic E-state index is 13.4. The molecule has 1 atom stereocenters. The van der Waals surface area contributed by atoms with Crippen LogP contribution in [-0.2, 0) is 0 Å². The van der Waals surface area contributed by atoms with E-state index in [1.807, 2.05) is 6.07 Å². The van der Waals surface area contributed by atoms with Crippen molar-refractivity contribution in [2.24, 2.45) is 0 Å². The van der Waals surface area contributed by atoms with Gasteiger partial charge in [-0.25, -0.2) is 4.39 Å². The molecule has 4 heteroatoms. The number of aliphatic hydroxyl groups excluding tert-OH is 1. The van der Waals surface area contributed by atoms with Gasteiger partial charge in [0.25, 0.3) is 0 Å². The predicted molar refractivity (Wildman–Crippen MR) is 59.8 cm³/mol. The van der Waals surface area contributed by atoms with E-state index in [0.717, 1.165) is 11.3 Å². The first-order chi connectivity index (χ1) is 7.20. The average molecular weight is 243 g/mol. The molecule has 2 aromatic rings. The molecule has 0 radical (unpaired) electrons. The molecule has 0 fully saturated rings. The summed E-state index contributed by atoms with van der Waals surface area (Å²) in [5.74, 6) is -0.530. The van der Waals surface area contributed by atoms with Gasteiger partial charge in [-0.1, -0.05) is 41.9 Å². The Morgan fingerprint density at radius 2 is 1.93 bits per heavy atom. The predicted octanol–water partition coefficient (Wildman–Crippen LogP) is 3.62. The fourth-order valence-corrected chi connectivity index (χ4v) is 2.41. The van der Waals surface area contributed by atoms with Gasteiger partial charge in [0.15, 0.2) is 5.82 Å². The minimum Gasteiger partial charge on any atom is -0.383 e. The summed E-state index contributed by atoms with van der Waals surface area (Å²) < 4.78 is 13.4. The zero-order chi connectivity index (χ0) is 10.8. The van der Waals surface area contributed by atoms with Crippen LogP contribution >= 0.6 is 22.9 Å². The number of hydrogen-bond donors (Lipinski definition) is 1. The molecule has 2 rings (SSSR count). The summed E-state index contributed by atoms with van der Waals surface area (Å²) >= 11 is 6.71. The first-order valence-electron chi connectivity index (χ1n) is 4.35. The first kappa shape index (κ1) is 10.6. The largest absolute Gasteiger partial charge is 0.383 e. The molecule has 1 heterocycles. The van der Waals surface area contributed by atoms with Gasteiger partial charge in [-0.3, -0.25) is 0 Å². The fourth-order valence-electron chi connectivity index (χ4n) is 1.31. The summed E-state index contributed by atoms with van der Waals surface area (Å²) in [6.45, 7) is 0. The molecule has 1 N–H and O–H groups in total. The van der Waals surface area contributed by atoms with Crippen molar-refractivity contribution in [2.45, 2.75) is 6.10 Å². The minimum atomic E-state index is -0.941. The van der Waals surface area contributed by atoms with Crippen LogP contribution in [-0.4, -0.2) is 5.11 Å². The lowest BCUT2D eigenvalue weighted by atomic mass is 10.1. The zero-order valence-electron chi connectivity index (χ0n) is 7.65. The van der Waals surface area contributed by atoms with Crippen LogP contribution < -0.4 is 0 Å². The number of thiophene rings is 1. The molecule has 1 aromatic carbocycles. The molecule has 1 nitrogen and oxygen atoms in total. The minimum absolute atomic E-state index is 0.0602. The second kappa shape index (κ2) is 4.31. The molecule has 78 valence electrons. The van der Waals surface area contributed by atoms with Gasteiger partial charge in [-0.2, -0.15) is 0 Å². The maximum atomic E-state index is 13.4. The zero-order valence-corrected chi connectivity index (χ0v) is 9.23. The molecule has 0 saturated heterocycles. The van der Waals surface area contributed by atoms with E-state index in [4.69, 9.17) is 11.6 Å². The lowest BCUT2D eigenvalue weighted by Crippen LogP contribution is -1.98. The summed E-state index contributed by atoms with van der Waals surface area (Å²) in [5.41, 5.74) is 0.662. The Morgan fingerprint density at radius 3 is 2.47 bits per heavy atom. The Bertz CT molecular complexity index is 455. The van der Waals surface area contributed by atoms with E-state index in [1.165, 1.54) is 5.38 Å². The van der Waals surface area contributed by atoms with Crippen molar-refractivity contribution in [3.8, 4) is 0 Å². The van der Waals surface area contributed by atoms with Gasteiger partial charge in [-0.05, 0) is 5.56 Å². The van der Waals surface area contributed by atoms with Gasteiger partial charge in [0, 0.05) is 5.38 Å². The number of aliphatic hydroxyl groups is 1. The molecular weight excluding hydrogens is 235 g/mol. The lowest BCUT2D eigenvalue weighted by molar-refractivity contribution is 0.219. The van der Waals surface area contributed by atoms with Crippen molar-refractivity contribution in [1.29, 1.82) is 0 Å². The third-order valence-corrected chi connectivity index (χ3v) is 3.49. The normalized spacial score (nSPS) is 12.7. The molecule has 1 unspecified atom stereocenters. The monoisotopic (exact) mass is 242 g/mol. The highest BCUT2D eigenvalue weighted by molar-refractivity contribution is 7.10. The highest BCUT2D eigenvalue weighted by Crippen LogP contribution is 2.33. The van der Waals surface area contributed by atoms with Gasteiger partial charge >= 0.3 is 0 Å². The van der Waals surface area contributed by atoms with Gasteiger partial charge in [-0.15, -0.1) is 11.3 Å². The summed E-state index contributed by atoms with van der Waals surface area (Å²) in [4.78, 5) is 0.256. The molecule has 0 aliphatic heterocycles. The van der Waals surface area contributed by atoms with Gasteiger partial charge < -0.3 is 5.11 Å². The molecule has 0 aliphatic carbocycles. The summed E-state index contributed by atoms with van der Waals surface area (Å²) in [6, 6.07) is 8.93. The van der Waals surface area contributed by atoms with Gasteiger partial charge in [0.05, 0.1) is 9.90 Å². The molecule has 0 spiro atoms. The smallest absolute Gasteiger partial charge is 0.158 e. The Balaban J connectivity index is 2.37. The van der Waals surface area contributed by atoms with Crippen molar-refractivity contribution >= 4 is 22.9 Å². The molecular formula is C11H8ClFOS. The standard InChI is InChI=1S/C11H8ClFOS/c12-8-6-15-11(9(8)13)10(14)7-4-2-1-3-5-7/h1-6,10,14H. The van der Waals surface area contributed by atoms with Crippen LogP contribution in [0.5, 0.6) is 0 Å². The van der Waals surface area contributed by atoms with Crippen molar-refractivity contribution in [2.75, 3.05) is 0 Å². The van der Waals surface area contributed by atoms with Gasteiger partial charge in [0.2, 0.25) is 0 Å². The number of benzene rings is 1. The SMILES string of the molecule is OC(c1ccccc1)c1scc(Cl)c1F. The Labute approximate surface area is 95.8 Å². The van der Waals surface area contributed by atoms with Crippen molar-refractivity contribution in [3.05, 3.63) is 57.0 Å². The summed E-state index contributed by atoms with van der Waals surface area (Å²) in [6.07, 6.45) is -0.941. The topological polar surface area (TPSA) is 20.2 Å². The summed E-state index contributed by atoms with van der Waals surface area (Å²) in [7, 11) is 0. The highest BCUT2D eigenvalue weighted by atomic mass is 35.5. The Morgan fingerprint density at radius 1 is 1.27 bits per heavy atom. The molecule has 0 saturated carbocycles. The lowest BCUT2D eigenvalue weighted by Gasteiger charge is -2.08. The van der Waals surface area contributed by atoms with E-state index in [0.29, 0.717) is 5.56 Å². The average Bonchev–Trinajstić information content (AvgIpc) is 2.60. The van der Waals surface area contributed by atoms with E-state index < -0.39 is 11.9 Å². The second-order valence-electron chi connectivity index (χ2n) is 3.08. The van der Waals surface area contributed by atoms with Crippen LogP contribution in [0.1, 0.15) is 16.5 Å². The molecule has 0 aliphatic rings. The van der Waals surface area contributed by atoms with Crippen molar-refractivity contribution in [3.63, 3.8) is 0 Å². The van der Waals surface area contributed by atoms with E-state index in [2.05, 4.69) is 0 Å². The van der Waals surface area contributed by atoms with E-state index in [-0.39, 0.29) is 9.90 Å². The molecule has 1 aromatic heterocycles. The fraction of sp³-hybridized carbons (Fsp3) is 0.0909. The third-order valence-electron chi connectivity index (χ3n) is 2.08. The number of hydrogen-bond acceptors (Lipinski definition) is 2. The molecule has 0 amide bonds. The van der Waals surface area contributed by atoms with Crippen LogP contribution in [0.25, 0.3) is 0 Å². The van der Waals surface area contributed by atoms with E-state index in [1.54, 1.807) is 24.3 Å². The second-order valence-corrected chi connectivity index (χ2v) is 4.39. The number of halogens is 2. The third kappa shape index (κ3) is 2.04. The van der Waals surface area contributed by atoms with Gasteiger partial charge in [0.1, 0.15) is 6.10 Å². The first-order valence-corrected chi connectivity index (χ1v) is 5.61. The van der Waals surface area contributed by atoms with Crippen LogP contribution in [0.2, 0.25) is 5.02 Å². The molecule has 0 bridgehead atoms. The van der Waals surface area contributed by atoms with Crippen LogP contribution in [0.4, 0.5) is 4.39 Å². The highest BCUT2D eigenvalue weighted by Gasteiger charge is 2.18. The van der Waals surface area contributed by atoms with E-state index in [9.17, 15) is 9.50 Å². The van der Waals surface area contributed by atoms with Crippen LogP contribution in [0.15, 0.2) is 35.7 Å². The maximum Gasteiger partial charge on any atom is 0.158 e. The quantitative estimate of drug-likeness (QED) is 0.853. The van der Waals surface area contributed by atoms with Crippen LogP contribution in [0.3, 0.4) is 0 Å². The van der Waals surface area contributed by atoms with E-state index >= 15 is 0 Å². The van der Waals surface area contributed by atoms with Crippen LogP contribution in [0, 0.1) is 5.82 Å². The Hall–Kier alpha value is -0.900. The molecule has 15 heavy (non-hydrogen) atoms. The van der Waals surface area contributed by atoms with Crippen molar-refractivity contribution in [1.82, 2.24) is 0 Å².